The van der Waals surface area contributed by atoms with Gasteiger partial charge in [-0.25, -0.2) is 4.98 Å². The fourth-order valence-corrected chi connectivity index (χ4v) is 2.96. The Hall–Kier alpha value is -3.47. The fourth-order valence-electron chi connectivity index (χ4n) is 2.96. The van der Waals surface area contributed by atoms with E-state index in [-0.39, 0.29) is 5.78 Å². The maximum absolute atomic E-state index is 12.7. The first-order valence-corrected chi connectivity index (χ1v) is 8.70. The Balaban J connectivity index is 1.59. The van der Waals surface area contributed by atoms with Crippen molar-refractivity contribution in [2.75, 3.05) is 19.0 Å². The van der Waals surface area contributed by atoms with Gasteiger partial charge in [-0.1, -0.05) is 24.3 Å². The molecule has 0 amide bonds. The summed E-state index contributed by atoms with van der Waals surface area (Å²) in [5.74, 6) is 0.611. The summed E-state index contributed by atoms with van der Waals surface area (Å²) in [5, 5.41) is 0. The van der Waals surface area contributed by atoms with Gasteiger partial charge in [0, 0.05) is 43.5 Å². The van der Waals surface area contributed by atoms with Gasteiger partial charge in [-0.3, -0.25) is 9.78 Å². The van der Waals surface area contributed by atoms with E-state index < -0.39 is 0 Å². The third-order valence-corrected chi connectivity index (χ3v) is 4.41. The molecule has 0 spiro atoms. The molecule has 5 nitrogen and oxygen atoms in total. The van der Waals surface area contributed by atoms with E-state index in [1.54, 1.807) is 12.4 Å². The molecule has 0 saturated carbocycles. The number of carbonyl (C=O) groups excluding carboxylic acids is 1. The van der Waals surface area contributed by atoms with Crippen LogP contribution in [0.5, 0.6) is 0 Å². The molecule has 27 heavy (non-hydrogen) atoms. The van der Waals surface area contributed by atoms with Crippen molar-refractivity contribution in [2.24, 2.45) is 0 Å². The first kappa shape index (κ1) is 17.0. The van der Waals surface area contributed by atoms with E-state index in [4.69, 9.17) is 4.42 Å². The van der Waals surface area contributed by atoms with Crippen LogP contribution in [0.15, 0.2) is 71.4 Å². The van der Waals surface area contributed by atoms with Crippen molar-refractivity contribution < 1.29 is 9.21 Å². The maximum Gasteiger partial charge on any atom is 0.227 e. The number of hydrogen-bond donors (Lipinski definition) is 0. The minimum absolute atomic E-state index is 0.0811. The highest BCUT2D eigenvalue weighted by atomic mass is 16.3. The van der Waals surface area contributed by atoms with Crippen LogP contribution in [0.1, 0.15) is 15.9 Å². The lowest BCUT2D eigenvalue weighted by molar-refractivity contribution is 0.0993. The van der Waals surface area contributed by atoms with E-state index in [1.807, 2.05) is 73.6 Å². The van der Waals surface area contributed by atoms with Crippen molar-refractivity contribution in [3.63, 3.8) is 0 Å². The molecule has 2 aromatic carbocycles. The summed E-state index contributed by atoms with van der Waals surface area (Å²) in [6, 6.07) is 17.2. The second kappa shape index (κ2) is 7.03. The van der Waals surface area contributed by atoms with Crippen molar-refractivity contribution in [1.29, 1.82) is 0 Å². The zero-order valence-corrected chi connectivity index (χ0v) is 15.2. The number of ketones is 1. The molecule has 0 atom stereocenters. The molecule has 2 heterocycles. The maximum atomic E-state index is 12.7. The van der Waals surface area contributed by atoms with Crippen molar-refractivity contribution in [3.8, 4) is 11.5 Å². The number of fused-ring (bicyclic) bond motifs is 1. The molecule has 0 N–H and O–H groups in total. The Labute approximate surface area is 157 Å². The predicted octanol–water partition coefficient (Wildman–Crippen LogP) is 4.38. The minimum atomic E-state index is 0.0811. The number of rotatable bonds is 5. The standard InChI is InChI=1S/C22H19N3O2/c1-25(2)18-8-4-6-16(13-18)20(26)12-15-5-3-7-17(11-15)22-24-19-9-10-23-14-21(19)27-22/h3-11,13-14H,12H2,1-2H3. The van der Waals surface area contributed by atoms with Gasteiger partial charge in [-0.2, -0.15) is 0 Å². The van der Waals surface area contributed by atoms with Crippen molar-refractivity contribution >= 4 is 22.6 Å². The molecule has 4 rings (SSSR count). The highest BCUT2D eigenvalue weighted by molar-refractivity contribution is 5.98. The van der Waals surface area contributed by atoms with Crippen LogP contribution in [0.4, 0.5) is 5.69 Å². The third-order valence-electron chi connectivity index (χ3n) is 4.41. The predicted molar refractivity (Wildman–Crippen MR) is 106 cm³/mol. The number of carbonyl (C=O) groups is 1. The summed E-state index contributed by atoms with van der Waals surface area (Å²) in [6.45, 7) is 0. The first-order chi connectivity index (χ1) is 13.1. The van der Waals surface area contributed by atoms with E-state index in [0.29, 0.717) is 23.5 Å². The van der Waals surface area contributed by atoms with Crippen LogP contribution in [0.3, 0.4) is 0 Å². The minimum Gasteiger partial charge on any atom is -0.434 e. The second-order valence-electron chi connectivity index (χ2n) is 6.61. The average Bonchev–Trinajstić information content (AvgIpc) is 3.12. The zero-order chi connectivity index (χ0) is 18.8. The van der Waals surface area contributed by atoms with E-state index in [9.17, 15) is 4.79 Å². The van der Waals surface area contributed by atoms with E-state index in [1.165, 1.54) is 0 Å². The lowest BCUT2D eigenvalue weighted by Crippen LogP contribution is -2.10. The average molecular weight is 357 g/mol. The normalized spacial score (nSPS) is 10.9. The van der Waals surface area contributed by atoms with Crippen molar-refractivity contribution in [3.05, 3.63) is 78.1 Å². The zero-order valence-electron chi connectivity index (χ0n) is 15.2. The molecule has 0 aliphatic carbocycles. The molecule has 2 aromatic heterocycles. The van der Waals surface area contributed by atoms with Crippen LogP contribution < -0.4 is 4.90 Å². The number of benzene rings is 2. The smallest absolute Gasteiger partial charge is 0.227 e. The lowest BCUT2D eigenvalue weighted by Gasteiger charge is -2.13. The first-order valence-electron chi connectivity index (χ1n) is 8.70. The van der Waals surface area contributed by atoms with Gasteiger partial charge in [0.05, 0.1) is 6.20 Å². The molecule has 0 aliphatic rings. The van der Waals surface area contributed by atoms with E-state index >= 15 is 0 Å². The van der Waals surface area contributed by atoms with Gasteiger partial charge in [-0.15, -0.1) is 0 Å². The number of Topliss-reactive ketones (excluding diaryl/α,β-unsaturated/α-hetero) is 1. The number of hydrogen-bond acceptors (Lipinski definition) is 5. The van der Waals surface area contributed by atoms with Crippen LogP contribution in [0, 0.1) is 0 Å². The Morgan fingerprint density at radius 3 is 2.74 bits per heavy atom. The lowest BCUT2D eigenvalue weighted by atomic mass is 10.0. The Morgan fingerprint density at radius 2 is 1.93 bits per heavy atom. The van der Waals surface area contributed by atoms with E-state index in [0.717, 1.165) is 22.3 Å². The van der Waals surface area contributed by atoms with Crippen LogP contribution >= 0.6 is 0 Å². The SMILES string of the molecule is CN(C)c1cccc(C(=O)Cc2cccc(-c3nc4ccncc4o3)c2)c1. The summed E-state index contributed by atoms with van der Waals surface area (Å²) in [4.78, 5) is 23.2. The molecule has 0 bridgehead atoms. The van der Waals surface area contributed by atoms with Gasteiger partial charge in [0.1, 0.15) is 5.52 Å². The van der Waals surface area contributed by atoms with Crippen molar-refractivity contribution in [1.82, 2.24) is 9.97 Å². The number of anilines is 1. The van der Waals surface area contributed by atoms with Gasteiger partial charge >= 0.3 is 0 Å². The van der Waals surface area contributed by atoms with Gasteiger partial charge in [0.25, 0.3) is 0 Å². The molecule has 0 unspecified atom stereocenters. The van der Waals surface area contributed by atoms with Gasteiger partial charge in [0.15, 0.2) is 11.4 Å². The molecule has 5 heteroatoms. The molecule has 0 aliphatic heterocycles. The quantitative estimate of drug-likeness (QED) is 0.496. The number of pyridine rings is 1. The Morgan fingerprint density at radius 1 is 1.07 bits per heavy atom. The highest BCUT2D eigenvalue weighted by Gasteiger charge is 2.12. The topological polar surface area (TPSA) is 59.2 Å². The molecule has 134 valence electrons. The third kappa shape index (κ3) is 3.58. The number of oxazole rings is 1. The van der Waals surface area contributed by atoms with Crippen LogP contribution in [-0.2, 0) is 6.42 Å². The summed E-state index contributed by atoms with van der Waals surface area (Å²) in [6.07, 6.45) is 3.66. The summed E-state index contributed by atoms with van der Waals surface area (Å²) < 4.78 is 5.78. The molecule has 0 saturated heterocycles. The fraction of sp³-hybridized carbons (Fsp3) is 0.136. The van der Waals surface area contributed by atoms with Crippen LogP contribution in [0.25, 0.3) is 22.6 Å². The molecule has 0 fully saturated rings. The Kier molecular flexibility index (Phi) is 4.42. The highest BCUT2D eigenvalue weighted by Crippen LogP contribution is 2.25. The molecular formula is C22H19N3O2. The molecular weight excluding hydrogens is 338 g/mol. The Bertz CT molecular complexity index is 1080. The summed E-state index contributed by atoms with van der Waals surface area (Å²) in [7, 11) is 3.92. The number of aromatic nitrogens is 2. The summed E-state index contributed by atoms with van der Waals surface area (Å²) in [5.41, 5.74) is 4.90. The summed E-state index contributed by atoms with van der Waals surface area (Å²) >= 11 is 0. The second-order valence-corrected chi connectivity index (χ2v) is 6.61. The molecule has 0 radical (unpaired) electrons. The van der Waals surface area contributed by atoms with Gasteiger partial charge < -0.3 is 9.32 Å². The monoisotopic (exact) mass is 357 g/mol. The largest absolute Gasteiger partial charge is 0.434 e. The molecule has 4 aromatic rings. The van der Waals surface area contributed by atoms with Crippen molar-refractivity contribution in [2.45, 2.75) is 6.42 Å². The van der Waals surface area contributed by atoms with Gasteiger partial charge in [-0.05, 0) is 35.9 Å². The van der Waals surface area contributed by atoms with E-state index in [2.05, 4.69) is 9.97 Å². The van der Waals surface area contributed by atoms with Crippen LogP contribution in [-0.4, -0.2) is 29.8 Å². The van der Waals surface area contributed by atoms with Crippen LogP contribution in [0.2, 0.25) is 0 Å². The van der Waals surface area contributed by atoms with Gasteiger partial charge in [0.2, 0.25) is 5.89 Å². The number of nitrogens with zero attached hydrogens (tertiary/aromatic N) is 3.